The molecular formula is C6H17NO7P2. The third-order valence-electron chi connectivity index (χ3n) is 2.05. The summed E-state index contributed by atoms with van der Waals surface area (Å²) in [5, 5.41) is 6.17. The summed E-state index contributed by atoms with van der Waals surface area (Å²) in [6.45, 7) is 0.350. The first-order valence-corrected chi connectivity index (χ1v) is 7.62. The van der Waals surface area contributed by atoms with Crippen LogP contribution in [0.4, 0.5) is 0 Å². The standard InChI is InChI=1S/C6H17NO7P2/c1-7(2)5-3-4-6(8,15(9,10)11)16(12,13)14/h8H,3-5H2,1-2H3,(H2,9,10,11)(H2,12,13,14). The van der Waals surface area contributed by atoms with E-state index in [0.717, 1.165) is 0 Å². The van der Waals surface area contributed by atoms with E-state index in [1.807, 2.05) is 0 Å². The van der Waals surface area contributed by atoms with Crippen LogP contribution in [0.3, 0.4) is 0 Å². The summed E-state index contributed by atoms with van der Waals surface area (Å²) < 4.78 is 21.8. The number of rotatable bonds is 6. The molecule has 8 nitrogen and oxygen atoms in total. The van der Waals surface area contributed by atoms with Crippen LogP contribution in [-0.4, -0.2) is 55.3 Å². The van der Waals surface area contributed by atoms with E-state index in [1.165, 1.54) is 0 Å². The molecule has 0 aliphatic heterocycles. The highest BCUT2D eigenvalue weighted by Crippen LogP contribution is 2.69. The molecule has 0 atom stereocenters. The Morgan fingerprint density at radius 3 is 1.69 bits per heavy atom. The van der Waals surface area contributed by atoms with E-state index >= 15 is 0 Å². The average molecular weight is 277 g/mol. The molecular weight excluding hydrogens is 260 g/mol. The van der Waals surface area contributed by atoms with E-state index in [2.05, 4.69) is 0 Å². The van der Waals surface area contributed by atoms with Crippen molar-refractivity contribution in [3.63, 3.8) is 0 Å². The largest absolute Gasteiger partial charge is 0.369 e. The summed E-state index contributed by atoms with van der Waals surface area (Å²) in [6.07, 6.45) is -0.612. The van der Waals surface area contributed by atoms with Gasteiger partial charge in [-0.2, -0.15) is 0 Å². The van der Waals surface area contributed by atoms with Gasteiger partial charge in [-0.3, -0.25) is 9.13 Å². The van der Waals surface area contributed by atoms with Gasteiger partial charge in [0.05, 0.1) is 0 Å². The van der Waals surface area contributed by atoms with Crippen LogP contribution in [0.2, 0.25) is 0 Å². The Kier molecular flexibility index (Phi) is 5.32. The Morgan fingerprint density at radius 1 is 1.06 bits per heavy atom. The fourth-order valence-corrected chi connectivity index (χ4v) is 3.35. The average Bonchev–Trinajstić information content (AvgIpc) is 1.98. The third-order valence-corrected chi connectivity index (χ3v) is 5.93. The maximum Gasteiger partial charge on any atom is 0.369 e. The second-order valence-corrected chi connectivity index (χ2v) is 7.78. The van der Waals surface area contributed by atoms with Gasteiger partial charge in [0.15, 0.2) is 0 Å². The van der Waals surface area contributed by atoms with Gasteiger partial charge in [-0.15, -0.1) is 0 Å². The summed E-state index contributed by atoms with van der Waals surface area (Å²) in [6, 6.07) is 0. The van der Waals surface area contributed by atoms with Gasteiger partial charge in [0.1, 0.15) is 0 Å². The Hall–Kier alpha value is 0.220. The van der Waals surface area contributed by atoms with Crippen molar-refractivity contribution in [2.45, 2.75) is 17.9 Å². The lowest BCUT2D eigenvalue weighted by atomic mass is 10.3. The van der Waals surface area contributed by atoms with Crippen LogP contribution < -0.4 is 0 Å². The van der Waals surface area contributed by atoms with Crippen LogP contribution in [0, 0.1) is 0 Å². The Bertz CT molecular complexity index is 297. The number of hydrogen-bond donors (Lipinski definition) is 5. The van der Waals surface area contributed by atoms with E-state index < -0.39 is 26.7 Å². The molecule has 0 aliphatic carbocycles. The number of hydrogen-bond acceptors (Lipinski definition) is 4. The summed E-state index contributed by atoms with van der Waals surface area (Å²) in [5.74, 6) is 0. The fraction of sp³-hybridized carbons (Fsp3) is 1.00. The van der Waals surface area contributed by atoms with Crippen LogP contribution in [0.15, 0.2) is 0 Å². The molecule has 0 saturated heterocycles. The van der Waals surface area contributed by atoms with Crippen molar-refractivity contribution in [1.82, 2.24) is 4.90 Å². The molecule has 0 aromatic carbocycles. The molecule has 5 N–H and O–H groups in total. The van der Waals surface area contributed by atoms with Gasteiger partial charge in [-0.05, 0) is 27.1 Å². The quantitative estimate of drug-likeness (QED) is 0.403. The first kappa shape index (κ1) is 16.2. The van der Waals surface area contributed by atoms with Gasteiger partial charge >= 0.3 is 15.2 Å². The van der Waals surface area contributed by atoms with E-state index in [1.54, 1.807) is 19.0 Å². The second kappa shape index (κ2) is 5.25. The topological polar surface area (TPSA) is 139 Å². The molecule has 0 fully saturated rings. The van der Waals surface area contributed by atoms with Crippen LogP contribution in [0.25, 0.3) is 0 Å². The van der Waals surface area contributed by atoms with E-state index in [0.29, 0.717) is 6.54 Å². The molecule has 0 aromatic heterocycles. The molecule has 0 bridgehead atoms. The zero-order valence-electron chi connectivity index (χ0n) is 9.02. The number of nitrogens with zero attached hydrogens (tertiary/aromatic N) is 1. The van der Waals surface area contributed by atoms with Crippen LogP contribution in [0.5, 0.6) is 0 Å². The first-order chi connectivity index (χ1) is 6.92. The molecule has 0 aromatic rings. The van der Waals surface area contributed by atoms with Crippen LogP contribution in [0.1, 0.15) is 12.8 Å². The molecule has 0 heterocycles. The molecule has 0 spiro atoms. The van der Waals surface area contributed by atoms with Crippen molar-refractivity contribution in [3.05, 3.63) is 0 Å². The Balaban J connectivity index is 4.86. The van der Waals surface area contributed by atoms with E-state index in [9.17, 15) is 14.2 Å². The molecule has 0 aliphatic rings. The third kappa shape index (κ3) is 3.91. The van der Waals surface area contributed by atoms with Gasteiger partial charge in [-0.25, -0.2) is 0 Å². The molecule has 0 unspecified atom stereocenters. The summed E-state index contributed by atoms with van der Waals surface area (Å²) >= 11 is 0. The van der Waals surface area contributed by atoms with Crippen molar-refractivity contribution in [2.24, 2.45) is 0 Å². The van der Waals surface area contributed by atoms with Crippen LogP contribution in [-0.2, 0) is 9.13 Å². The monoisotopic (exact) mass is 277 g/mol. The maximum absolute atomic E-state index is 10.9. The second-order valence-electron chi connectivity index (χ2n) is 3.77. The fourth-order valence-electron chi connectivity index (χ4n) is 1.09. The van der Waals surface area contributed by atoms with Crippen molar-refractivity contribution < 1.29 is 33.8 Å². The highest BCUT2D eigenvalue weighted by atomic mass is 31.2. The van der Waals surface area contributed by atoms with Crippen LogP contribution >= 0.6 is 15.2 Å². The van der Waals surface area contributed by atoms with Crippen molar-refractivity contribution in [1.29, 1.82) is 0 Å². The van der Waals surface area contributed by atoms with Crippen molar-refractivity contribution in [3.8, 4) is 0 Å². The molecule has 16 heavy (non-hydrogen) atoms. The van der Waals surface area contributed by atoms with Gasteiger partial charge < -0.3 is 29.6 Å². The lowest BCUT2D eigenvalue weighted by Crippen LogP contribution is -2.30. The summed E-state index contributed by atoms with van der Waals surface area (Å²) in [7, 11) is -7.21. The molecule has 0 rings (SSSR count). The minimum Gasteiger partial charge on any atom is -0.368 e. The van der Waals surface area contributed by atoms with Crippen molar-refractivity contribution >= 4 is 15.2 Å². The van der Waals surface area contributed by atoms with Gasteiger partial charge in [0, 0.05) is 6.42 Å². The Morgan fingerprint density at radius 2 is 1.44 bits per heavy atom. The van der Waals surface area contributed by atoms with E-state index in [4.69, 9.17) is 19.6 Å². The zero-order valence-corrected chi connectivity index (χ0v) is 10.8. The predicted octanol–water partition coefficient (Wildman–Crippen LogP) is -0.670. The maximum atomic E-state index is 10.9. The van der Waals surface area contributed by atoms with Gasteiger partial charge in [0.2, 0.25) is 0 Å². The summed E-state index contributed by atoms with van der Waals surface area (Å²) in [4.78, 5) is 36.8. The summed E-state index contributed by atoms with van der Waals surface area (Å²) in [5.41, 5.74) is 0. The minimum absolute atomic E-state index is 0.0553. The predicted molar refractivity (Wildman–Crippen MR) is 56.8 cm³/mol. The highest BCUT2D eigenvalue weighted by molar-refractivity contribution is 7.72. The zero-order chi connectivity index (χ0) is 13.2. The lowest BCUT2D eigenvalue weighted by molar-refractivity contribution is 0.118. The normalized spacial score (nSPS) is 14.5. The molecule has 0 amide bonds. The Labute approximate surface area is 93.2 Å². The minimum atomic E-state index is -5.30. The first-order valence-electron chi connectivity index (χ1n) is 4.40. The van der Waals surface area contributed by atoms with Gasteiger partial charge in [-0.1, -0.05) is 0 Å². The smallest absolute Gasteiger partial charge is 0.368 e. The SMILES string of the molecule is CN(C)CCCC(O)(P(=O)(O)O)P(=O)(O)O. The molecule has 10 heteroatoms. The molecule has 0 radical (unpaired) electrons. The van der Waals surface area contributed by atoms with E-state index in [-0.39, 0.29) is 6.42 Å². The van der Waals surface area contributed by atoms with Crippen molar-refractivity contribution in [2.75, 3.05) is 20.6 Å². The lowest BCUT2D eigenvalue weighted by Gasteiger charge is -2.29. The number of aliphatic hydroxyl groups is 1. The molecule has 0 saturated carbocycles. The highest BCUT2D eigenvalue weighted by Gasteiger charge is 2.58. The molecule has 98 valence electrons. The van der Waals surface area contributed by atoms with Gasteiger partial charge in [0.25, 0.3) is 5.08 Å².